The van der Waals surface area contributed by atoms with Crippen LogP contribution in [0.3, 0.4) is 0 Å². The SMILES string of the molecule is CCNC(=NCc1cccc(OC)c1)Nc1cccc(OCCCOC)c1. The highest BCUT2D eigenvalue weighted by Gasteiger charge is 2.02. The van der Waals surface area contributed by atoms with E-state index in [-0.39, 0.29) is 0 Å². The zero-order valence-corrected chi connectivity index (χ0v) is 16.3. The smallest absolute Gasteiger partial charge is 0.196 e. The molecule has 2 aromatic rings. The normalized spacial score (nSPS) is 11.1. The molecule has 0 radical (unpaired) electrons. The minimum Gasteiger partial charge on any atom is -0.497 e. The zero-order valence-electron chi connectivity index (χ0n) is 16.3. The van der Waals surface area contributed by atoms with Crippen LogP contribution in [-0.2, 0) is 11.3 Å². The van der Waals surface area contributed by atoms with E-state index in [9.17, 15) is 0 Å². The lowest BCUT2D eigenvalue weighted by molar-refractivity contribution is 0.172. The van der Waals surface area contributed by atoms with Gasteiger partial charge in [-0.25, -0.2) is 4.99 Å². The van der Waals surface area contributed by atoms with Crippen molar-refractivity contribution >= 4 is 11.6 Å². The predicted octanol–water partition coefficient (Wildman–Crippen LogP) is 3.69. The summed E-state index contributed by atoms with van der Waals surface area (Å²) in [5.74, 6) is 2.37. The van der Waals surface area contributed by atoms with Gasteiger partial charge in [-0.15, -0.1) is 0 Å². The standard InChI is InChI=1S/C21H29N3O3/c1-4-22-21(23-16-17-8-5-10-19(14-17)26-3)24-18-9-6-11-20(15-18)27-13-7-12-25-2/h5-6,8-11,14-15H,4,7,12-13,16H2,1-3H3,(H2,22,23,24). The van der Waals surface area contributed by atoms with Gasteiger partial charge >= 0.3 is 0 Å². The number of hydrogen-bond acceptors (Lipinski definition) is 4. The molecule has 0 saturated carbocycles. The number of methoxy groups -OCH3 is 2. The molecule has 146 valence electrons. The molecule has 2 aromatic carbocycles. The van der Waals surface area contributed by atoms with Crippen LogP contribution in [0.25, 0.3) is 0 Å². The number of nitrogens with one attached hydrogen (secondary N) is 2. The first-order chi connectivity index (χ1) is 13.2. The third-order valence-corrected chi connectivity index (χ3v) is 3.76. The molecule has 0 unspecified atom stereocenters. The number of guanidine groups is 1. The van der Waals surface area contributed by atoms with Crippen molar-refractivity contribution in [2.75, 3.05) is 39.3 Å². The number of rotatable bonds is 10. The van der Waals surface area contributed by atoms with Gasteiger partial charge in [-0.2, -0.15) is 0 Å². The van der Waals surface area contributed by atoms with Crippen LogP contribution in [0.2, 0.25) is 0 Å². The molecular formula is C21H29N3O3. The van der Waals surface area contributed by atoms with Gasteiger partial charge in [-0.05, 0) is 36.8 Å². The molecule has 0 saturated heterocycles. The van der Waals surface area contributed by atoms with Gasteiger partial charge in [0, 0.05) is 38.4 Å². The summed E-state index contributed by atoms with van der Waals surface area (Å²) in [5, 5.41) is 6.58. The lowest BCUT2D eigenvalue weighted by atomic mass is 10.2. The van der Waals surface area contributed by atoms with E-state index >= 15 is 0 Å². The Morgan fingerprint density at radius 1 is 1.00 bits per heavy atom. The van der Waals surface area contributed by atoms with E-state index in [2.05, 4.69) is 15.6 Å². The quantitative estimate of drug-likeness (QED) is 0.379. The van der Waals surface area contributed by atoms with E-state index in [1.54, 1.807) is 14.2 Å². The molecule has 2 rings (SSSR count). The molecule has 0 aliphatic rings. The Balaban J connectivity index is 1.99. The second-order valence-corrected chi connectivity index (χ2v) is 5.89. The Bertz CT molecular complexity index is 719. The first kappa shape index (κ1) is 20.6. The first-order valence-corrected chi connectivity index (χ1v) is 9.15. The molecule has 0 aliphatic carbocycles. The van der Waals surface area contributed by atoms with E-state index in [1.807, 2.05) is 55.5 Å². The number of anilines is 1. The molecule has 0 atom stereocenters. The minimum absolute atomic E-state index is 0.555. The Morgan fingerprint density at radius 3 is 2.59 bits per heavy atom. The van der Waals surface area contributed by atoms with Gasteiger partial charge in [0.1, 0.15) is 11.5 Å². The van der Waals surface area contributed by atoms with Crippen LogP contribution in [0.15, 0.2) is 53.5 Å². The van der Waals surface area contributed by atoms with E-state index in [4.69, 9.17) is 14.2 Å². The molecule has 0 spiro atoms. The number of hydrogen-bond donors (Lipinski definition) is 2. The lowest BCUT2D eigenvalue weighted by Crippen LogP contribution is -2.30. The number of benzene rings is 2. The summed E-state index contributed by atoms with van der Waals surface area (Å²) < 4.78 is 16.1. The van der Waals surface area contributed by atoms with E-state index in [0.29, 0.717) is 19.8 Å². The fourth-order valence-electron chi connectivity index (χ4n) is 2.44. The largest absolute Gasteiger partial charge is 0.497 e. The maximum Gasteiger partial charge on any atom is 0.196 e. The Hall–Kier alpha value is -2.73. The molecule has 6 heteroatoms. The molecule has 6 nitrogen and oxygen atoms in total. The highest BCUT2D eigenvalue weighted by molar-refractivity contribution is 5.93. The third kappa shape index (κ3) is 7.58. The van der Waals surface area contributed by atoms with E-state index in [0.717, 1.165) is 41.7 Å². The molecule has 0 aromatic heterocycles. The average Bonchev–Trinajstić information content (AvgIpc) is 2.70. The van der Waals surface area contributed by atoms with Crippen molar-refractivity contribution in [1.29, 1.82) is 0 Å². The molecule has 27 heavy (non-hydrogen) atoms. The van der Waals surface area contributed by atoms with Crippen LogP contribution >= 0.6 is 0 Å². The predicted molar refractivity (Wildman–Crippen MR) is 110 cm³/mol. The molecule has 0 fully saturated rings. The highest BCUT2D eigenvalue weighted by atomic mass is 16.5. The molecule has 0 aliphatic heterocycles. The van der Waals surface area contributed by atoms with Gasteiger partial charge in [0.15, 0.2) is 5.96 Å². The van der Waals surface area contributed by atoms with E-state index in [1.165, 1.54) is 0 Å². The van der Waals surface area contributed by atoms with Crippen molar-refractivity contribution in [3.05, 3.63) is 54.1 Å². The number of nitrogens with zero attached hydrogens (tertiary/aromatic N) is 1. The molecular weight excluding hydrogens is 342 g/mol. The van der Waals surface area contributed by atoms with Crippen LogP contribution < -0.4 is 20.1 Å². The topological polar surface area (TPSA) is 64.1 Å². The summed E-state index contributed by atoms with van der Waals surface area (Å²) in [6, 6.07) is 15.8. The van der Waals surface area contributed by atoms with Crippen LogP contribution in [0.5, 0.6) is 11.5 Å². The van der Waals surface area contributed by atoms with Gasteiger partial charge in [0.25, 0.3) is 0 Å². The van der Waals surface area contributed by atoms with Crippen LogP contribution in [0.1, 0.15) is 18.9 Å². The summed E-state index contributed by atoms with van der Waals surface area (Å²) in [4.78, 5) is 4.65. The van der Waals surface area contributed by atoms with Crippen LogP contribution in [0, 0.1) is 0 Å². The van der Waals surface area contributed by atoms with Crippen molar-refractivity contribution in [3.8, 4) is 11.5 Å². The Morgan fingerprint density at radius 2 is 1.81 bits per heavy atom. The van der Waals surface area contributed by atoms with Gasteiger partial charge in [0.05, 0.1) is 20.3 Å². The first-order valence-electron chi connectivity index (χ1n) is 9.15. The van der Waals surface area contributed by atoms with E-state index < -0.39 is 0 Å². The average molecular weight is 371 g/mol. The minimum atomic E-state index is 0.555. The van der Waals surface area contributed by atoms with Gasteiger partial charge in [-0.1, -0.05) is 18.2 Å². The van der Waals surface area contributed by atoms with Gasteiger partial charge in [-0.3, -0.25) is 0 Å². The van der Waals surface area contributed by atoms with Gasteiger partial charge in [0.2, 0.25) is 0 Å². The van der Waals surface area contributed by atoms with Crippen molar-refractivity contribution in [3.63, 3.8) is 0 Å². The number of ether oxygens (including phenoxy) is 3. The summed E-state index contributed by atoms with van der Waals surface area (Å²) in [5.41, 5.74) is 2.01. The van der Waals surface area contributed by atoms with Crippen molar-refractivity contribution in [2.45, 2.75) is 19.9 Å². The Kier molecular flexibility index (Phi) is 9.00. The monoisotopic (exact) mass is 371 g/mol. The molecule has 0 bridgehead atoms. The highest BCUT2D eigenvalue weighted by Crippen LogP contribution is 2.18. The summed E-state index contributed by atoms with van der Waals surface area (Å²) in [6.45, 7) is 4.69. The Labute approximate surface area is 161 Å². The van der Waals surface area contributed by atoms with Crippen molar-refractivity contribution in [1.82, 2.24) is 5.32 Å². The van der Waals surface area contributed by atoms with Crippen molar-refractivity contribution < 1.29 is 14.2 Å². The lowest BCUT2D eigenvalue weighted by Gasteiger charge is -2.13. The third-order valence-electron chi connectivity index (χ3n) is 3.76. The molecule has 0 amide bonds. The molecule has 0 heterocycles. The second kappa shape index (κ2) is 11.8. The number of aliphatic imine (C=N–C) groups is 1. The van der Waals surface area contributed by atoms with Gasteiger partial charge < -0.3 is 24.8 Å². The van der Waals surface area contributed by atoms with Crippen LogP contribution in [0.4, 0.5) is 5.69 Å². The zero-order chi connectivity index (χ0) is 19.3. The summed E-state index contributed by atoms with van der Waals surface area (Å²) in [6.07, 6.45) is 0.860. The fourth-order valence-corrected chi connectivity index (χ4v) is 2.44. The summed E-state index contributed by atoms with van der Waals surface area (Å²) in [7, 11) is 3.36. The van der Waals surface area contributed by atoms with Crippen molar-refractivity contribution in [2.24, 2.45) is 4.99 Å². The maximum atomic E-state index is 5.75. The fraction of sp³-hybridized carbons (Fsp3) is 0.381. The molecule has 2 N–H and O–H groups in total. The van der Waals surface area contributed by atoms with Crippen LogP contribution in [-0.4, -0.2) is 39.9 Å². The summed E-state index contributed by atoms with van der Waals surface area (Å²) >= 11 is 0. The second-order valence-electron chi connectivity index (χ2n) is 5.89. The maximum absolute atomic E-state index is 5.75.